The van der Waals surface area contributed by atoms with Crippen LogP contribution in [0.2, 0.25) is 10.0 Å². The van der Waals surface area contributed by atoms with Gasteiger partial charge < -0.3 is 5.32 Å². The zero-order valence-corrected chi connectivity index (χ0v) is 21.3. The Kier molecular flexibility index (Phi) is 7.09. The lowest BCUT2D eigenvalue weighted by atomic mass is 10.0. The fourth-order valence-corrected chi connectivity index (χ4v) is 5.26. The van der Waals surface area contributed by atoms with E-state index in [1.54, 1.807) is 24.3 Å². The lowest BCUT2D eigenvalue weighted by Gasteiger charge is -2.09. The number of nitrogens with one attached hydrogen (secondary N) is 1. The fraction of sp³-hybridized carbons (Fsp3) is 0.167. The van der Waals surface area contributed by atoms with Gasteiger partial charge in [-0.3, -0.25) is 9.59 Å². The Labute approximate surface area is 218 Å². The summed E-state index contributed by atoms with van der Waals surface area (Å²) in [6, 6.07) is 15.6. The molecule has 3 aromatic rings. The van der Waals surface area contributed by atoms with E-state index in [-0.39, 0.29) is 34.5 Å². The van der Waals surface area contributed by atoms with E-state index in [0.717, 1.165) is 5.56 Å². The summed E-state index contributed by atoms with van der Waals surface area (Å²) in [6.07, 6.45) is 0.0417. The second-order valence-corrected chi connectivity index (χ2v) is 10.8. The normalized spacial score (nSPS) is 18.6. The molecule has 0 radical (unpaired) electrons. The van der Waals surface area contributed by atoms with Crippen LogP contribution in [0, 0.1) is 11.7 Å². The number of amides is 1. The van der Waals surface area contributed by atoms with Crippen LogP contribution in [0.3, 0.4) is 0 Å². The molecule has 4 rings (SSSR count). The first kappa shape index (κ1) is 24.5. The Morgan fingerprint density at radius 2 is 1.64 bits per heavy atom. The van der Waals surface area contributed by atoms with Crippen molar-refractivity contribution in [3.63, 3.8) is 0 Å². The molecule has 1 saturated carbocycles. The predicted molar refractivity (Wildman–Crippen MR) is 134 cm³/mol. The first-order valence-electron chi connectivity index (χ1n) is 9.78. The molecule has 0 aromatic heterocycles. The molecule has 0 saturated heterocycles. The first-order chi connectivity index (χ1) is 15.6. The highest BCUT2D eigenvalue weighted by molar-refractivity contribution is 9.10. The molecule has 1 N–H and O–H groups in total. The van der Waals surface area contributed by atoms with Gasteiger partial charge in [0.1, 0.15) is 10.2 Å². The molecule has 1 aliphatic rings. The minimum atomic E-state index is -1.27. The highest BCUT2D eigenvalue weighted by Crippen LogP contribution is 2.65. The lowest BCUT2D eigenvalue weighted by Crippen LogP contribution is -2.17. The number of Topliss-reactive ketones (excluding diaryl/α,β-unsaturated/α-hetero) is 1. The Morgan fingerprint density at radius 1 is 0.970 bits per heavy atom. The fourth-order valence-electron chi connectivity index (χ4n) is 3.69. The molecular formula is C24H15BrCl4FNO2. The Bertz CT molecular complexity index is 1250. The molecule has 0 spiro atoms. The van der Waals surface area contributed by atoms with E-state index in [1.807, 2.05) is 0 Å². The molecule has 1 aliphatic carbocycles. The van der Waals surface area contributed by atoms with Crippen molar-refractivity contribution in [2.45, 2.75) is 16.7 Å². The third kappa shape index (κ3) is 5.23. The summed E-state index contributed by atoms with van der Waals surface area (Å²) >= 11 is 28.5. The molecule has 1 amide bonds. The second kappa shape index (κ2) is 9.55. The molecule has 3 nitrogen and oxygen atoms in total. The molecule has 2 atom stereocenters. The Balaban J connectivity index is 1.50. The van der Waals surface area contributed by atoms with Crippen molar-refractivity contribution in [1.82, 2.24) is 0 Å². The number of alkyl halides is 2. The summed E-state index contributed by atoms with van der Waals surface area (Å²) in [5.74, 6) is -2.13. The molecule has 3 aromatic carbocycles. The summed E-state index contributed by atoms with van der Waals surface area (Å²) < 4.78 is 12.5. The molecule has 2 unspecified atom stereocenters. The van der Waals surface area contributed by atoms with E-state index < -0.39 is 16.2 Å². The lowest BCUT2D eigenvalue weighted by molar-refractivity contribution is -0.117. The van der Waals surface area contributed by atoms with Crippen LogP contribution in [-0.2, 0) is 11.2 Å². The predicted octanol–water partition coefficient (Wildman–Crippen LogP) is 7.85. The third-order valence-corrected chi connectivity index (χ3v) is 7.93. The maximum atomic E-state index is 13.1. The average Bonchev–Trinajstić information content (AvgIpc) is 3.35. The molecule has 9 heteroatoms. The van der Waals surface area contributed by atoms with Gasteiger partial charge in [-0.1, -0.05) is 41.4 Å². The van der Waals surface area contributed by atoms with Gasteiger partial charge in [-0.25, -0.2) is 4.39 Å². The highest BCUT2D eigenvalue weighted by atomic mass is 79.9. The Morgan fingerprint density at radius 3 is 2.30 bits per heavy atom. The van der Waals surface area contributed by atoms with E-state index in [4.69, 9.17) is 46.4 Å². The summed E-state index contributed by atoms with van der Waals surface area (Å²) in [5.41, 5.74) is 2.06. The van der Waals surface area contributed by atoms with Crippen LogP contribution in [0.15, 0.2) is 65.1 Å². The van der Waals surface area contributed by atoms with Crippen molar-refractivity contribution < 1.29 is 14.0 Å². The van der Waals surface area contributed by atoms with Crippen LogP contribution in [0.25, 0.3) is 0 Å². The number of ketones is 1. The average molecular weight is 590 g/mol. The van der Waals surface area contributed by atoms with Gasteiger partial charge in [0, 0.05) is 28.1 Å². The summed E-state index contributed by atoms with van der Waals surface area (Å²) in [5, 5.41) is 3.56. The van der Waals surface area contributed by atoms with Crippen LogP contribution in [-0.4, -0.2) is 16.0 Å². The first-order valence-corrected chi connectivity index (χ1v) is 12.1. The van der Waals surface area contributed by atoms with E-state index in [1.165, 1.54) is 36.4 Å². The van der Waals surface area contributed by atoms with E-state index in [0.29, 0.717) is 20.7 Å². The minimum Gasteiger partial charge on any atom is -0.326 e. The highest BCUT2D eigenvalue weighted by Gasteiger charge is 2.67. The van der Waals surface area contributed by atoms with Gasteiger partial charge in [0.15, 0.2) is 5.78 Å². The molecule has 170 valence electrons. The van der Waals surface area contributed by atoms with Gasteiger partial charge >= 0.3 is 0 Å². The zero-order valence-electron chi connectivity index (χ0n) is 16.7. The standard InChI is InChI=1S/C24H15BrCl4FNO2/c25-17-10-13(3-7-19(17)27)21-22(24(21,28)29)23(33)31-15-6-8-18(26)16(11-15)20(32)9-12-1-4-14(30)5-2-12/h1-8,10-11,21-22H,9H2,(H,31,33). The van der Waals surface area contributed by atoms with Gasteiger partial charge in [0.2, 0.25) is 5.91 Å². The van der Waals surface area contributed by atoms with Crippen molar-refractivity contribution >= 4 is 79.7 Å². The number of anilines is 1. The quantitative estimate of drug-likeness (QED) is 0.235. The number of carbonyl (C=O) groups is 2. The monoisotopic (exact) mass is 587 g/mol. The van der Waals surface area contributed by atoms with Crippen LogP contribution < -0.4 is 5.32 Å². The number of hydrogen-bond acceptors (Lipinski definition) is 2. The van der Waals surface area contributed by atoms with Gasteiger partial charge in [-0.2, -0.15) is 0 Å². The van der Waals surface area contributed by atoms with E-state index in [9.17, 15) is 14.0 Å². The number of halogens is 6. The summed E-state index contributed by atoms with van der Waals surface area (Å²) in [4.78, 5) is 25.7. The van der Waals surface area contributed by atoms with Crippen LogP contribution in [0.1, 0.15) is 27.4 Å². The Hall–Kier alpha value is -1.63. The van der Waals surface area contributed by atoms with E-state index in [2.05, 4.69) is 21.2 Å². The third-order valence-electron chi connectivity index (χ3n) is 5.45. The second-order valence-electron chi connectivity index (χ2n) is 7.71. The van der Waals surface area contributed by atoms with Crippen LogP contribution >= 0.6 is 62.3 Å². The number of hydrogen-bond donors (Lipinski definition) is 1. The van der Waals surface area contributed by atoms with Crippen molar-refractivity contribution in [2.75, 3.05) is 5.32 Å². The largest absolute Gasteiger partial charge is 0.326 e. The smallest absolute Gasteiger partial charge is 0.231 e. The van der Waals surface area contributed by atoms with Crippen LogP contribution in [0.5, 0.6) is 0 Å². The molecule has 0 bridgehead atoms. The molecule has 1 fully saturated rings. The van der Waals surface area contributed by atoms with Crippen LogP contribution in [0.4, 0.5) is 10.1 Å². The van der Waals surface area contributed by atoms with Crippen molar-refractivity contribution in [2.24, 2.45) is 5.92 Å². The summed E-state index contributed by atoms with van der Waals surface area (Å²) in [7, 11) is 0. The maximum Gasteiger partial charge on any atom is 0.231 e. The van der Waals surface area contributed by atoms with Crippen molar-refractivity contribution in [3.05, 3.63) is 97.7 Å². The number of carbonyl (C=O) groups excluding carboxylic acids is 2. The van der Waals surface area contributed by atoms with Gasteiger partial charge in [-0.05, 0) is 69.5 Å². The van der Waals surface area contributed by atoms with Crippen molar-refractivity contribution in [3.8, 4) is 0 Å². The van der Waals surface area contributed by atoms with Gasteiger partial charge in [0.25, 0.3) is 0 Å². The molecule has 33 heavy (non-hydrogen) atoms. The molecular weight excluding hydrogens is 575 g/mol. The number of rotatable bonds is 6. The minimum absolute atomic E-state index is 0.0417. The molecule has 0 heterocycles. The molecule has 0 aliphatic heterocycles. The van der Waals surface area contributed by atoms with Gasteiger partial charge in [0.05, 0.1) is 16.0 Å². The topological polar surface area (TPSA) is 46.2 Å². The summed E-state index contributed by atoms with van der Waals surface area (Å²) in [6.45, 7) is 0. The SMILES string of the molecule is O=C(Cc1ccc(F)cc1)c1cc(NC(=O)C2C(c3ccc(Cl)c(Br)c3)C2(Cl)Cl)ccc1Cl. The van der Waals surface area contributed by atoms with Crippen molar-refractivity contribution in [1.29, 1.82) is 0 Å². The maximum absolute atomic E-state index is 13.1. The number of benzene rings is 3. The van der Waals surface area contributed by atoms with E-state index >= 15 is 0 Å². The zero-order chi connectivity index (χ0) is 23.9. The van der Waals surface area contributed by atoms with Gasteiger partial charge in [-0.15, -0.1) is 23.2 Å².